The Bertz CT molecular complexity index is 650. The number of rotatable bonds is 6. The maximum Gasteiger partial charge on any atom is 0.241 e. The molecule has 6 nitrogen and oxygen atoms in total. The summed E-state index contributed by atoms with van der Waals surface area (Å²) in [5.74, 6) is 1.06. The maximum atomic E-state index is 12.4. The number of nitrogens with one attached hydrogen (secondary N) is 1. The molecule has 7 heteroatoms. The van der Waals surface area contributed by atoms with E-state index in [1.54, 1.807) is 24.0 Å². The molecule has 134 valence electrons. The lowest BCUT2D eigenvalue weighted by Crippen LogP contribution is -2.49. The van der Waals surface area contributed by atoms with Crippen LogP contribution in [-0.2, 0) is 14.8 Å². The molecule has 0 spiro atoms. The van der Waals surface area contributed by atoms with Gasteiger partial charge in [-0.2, -0.15) is 4.72 Å². The van der Waals surface area contributed by atoms with Gasteiger partial charge in [-0.05, 0) is 56.9 Å². The van der Waals surface area contributed by atoms with Crippen LogP contribution in [0.2, 0.25) is 0 Å². The summed E-state index contributed by atoms with van der Waals surface area (Å²) >= 11 is 0. The van der Waals surface area contributed by atoms with Crippen LogP contribution in [0.5, 0.6) is 5.75 Å². The highest BCUT2D eigenvalue weighted by molar-refractivity contribution is 7.89. The molecule has 2 rings (SSSR count). The topological polar surface area (TPSA) is 75.7 Å². The van der Waals surface area contributed by atoms with Gasteiger partial charge in [-0.1, -0.05) is 6.92 Å². The molecule has 1 amide bonds. The molecule has 0 radical (unpaired) electrons. The molecule has 1 heterocycles. The summed E-state index contributed by atoms with van der Waals surface area (Å²) in [5, 5.41) is 0. The van der Waals surface area contributed by atoms with E-state index in [9.17, 15) is 13.2 Å². The second kappa shape index (κ2) is 7.98. The molecule has 1 fully saturated rings. The van der Waals surface area contributed by atoms with Crippen molar-refractivity contribution in [1.82, 2.24) is 9.62 Å². The standard InChI is InChI=1S/C17H26N2O4S/c1-4-23-15-5-7-16(8-6-15)24(21,22)18-14(3)17(20)19-11-9-13(2)10-12-19/h5-8,13-14,18H,4,9-12H2,1-3H3/t14-/m0/s1. The van der Waals surface area contributed by atoms with Gasteiger partial charge in [0.2, 0.25) is 15.9 Å². The van der Waals surface area contributed by atoms with E-state index in [-0.39, 0.29) is 10.8 Å². The van der Waals surface area contributed by atoms with Crippen molar-refractivity contribution in [3.8, 4) is 5.75 Å². The van der Waals surface area contributed by atoms with Crippen molar-refractivity contribution >= 4 is 15.9 Å². The van der Waals surface area contributed by atoms with Gasteiger partial charge in [0.25, 0.3) is 0 Å². The van der Waals surface area contributed by atoms with Crippen LogP contribution in [0.15, 0.2) is 29.2 Å². The Morgan fingerprint density at radius 2 is 1.88 bits per heavy atom. The van der Waals surface area contributed by atoms with Gasteiger partial charge in [-0.25, -0.2) is 8.42 Å². The maximum absolute atomic E-state index is 12.4. The van der Waals surface area contributed by atoms with Crippen LogP contribution in [0.3, 0.4) is 0 Å². The minimum absolute atomic E-state index is 0.123. The van der Waals surface area contributed by atoms with E-state index >= 15 is 0 Å². The highest BCUT2D eigenvalue weighted by atomic mass is 32.2. The lowest BCUT2D eigenvalue weighted by Gasteiger charge is -2.32. The van der Waals surface area contributed by atoms with E-state index in [1.807, 2.05) is 6.92 Å². The molecular weight excluding hydrogens is 328 g/mol. The second-order valence-corrected chi connectivity index (χ2v) is 7.97. The van der Waals surface area contributed by atoms with Crippen LogP contribution in [0, 0.1) is 5.92 Å². The number of likely N-dealkylation sites (tertiary alicyclic amines) is 1. The molecular formula is C17H26N2O4S. The van der Waals surface area contributed by atoms with Gasteiger partial charge in [-0.3, -0.25) is 4.79 Å². The number of ether oxygens (including phenoxy) is 1. The van der Waals surface area contributed by atoms with Crippen LogP contribution in [-0.4, -0.2) is 45.0 Å². The van der Waals surface area contributed by atoms with Crippen molar-refractivity contribution in [2.45, 2.75) is 44.6 Å². The second-order valence-electron chi connectivity index (χ2n) is 6.26. The molecule has 1 aliphatic heterocycles. The van der Waals surface area contributed by atoms with Crippen LogP contribution in [0.25, 0.3) is 0 Å². The predicted molar refractivity (Wildman–Crippen MR) is 92.4 cm³/mol. The van der Waals surface area contributed by atoms with Gasteiger partial charge in [0.15, 0.2) is 0 Å². The summed E-state index contributed by atoms with van der Waals surface area (Å²) in [6.07, 6.45) is 1.92. The first-order valence-corrected chi connectivity index (χ1v) is 9.85. The Kier molecular flexibility index (Phi) is 6.23. The number of amides is 1. The van der Waals surface area contributed by atoms with Gasteiger partial charge in [-0.15, -0.1) is 0 Å². The van der Waals surface area contributed by atoms with Crippen molar-refractivity contribution < 1.29 is 17.9 Å². The van der Waals surface area contributed by atoms with E-state index in [2.05, 4.69) is 11.6 Å². The van der Waals surface area contributed by atoms with Crippen LogP contribution < -0.4 is 9.46 Å². The van der Waals surface area contributed by atoms with Gasteiger partial charge in [0.1, 0.15) is 5.75 Å². The van der Waals surface area contributed by atoms with E-state index in [0.717, 1.165) is 12.8 Å². The van der Waals surface area contributed by atoms with Gasteiger partial charge in [0.05, 0.1) is 17.5 Å². The van der Waals surface area contributed by atoms with Gasteiger partial charge < -0.3 is 9.64 Å². The van der Waals surface area contributed by atoms with Gasteiger partial charge >= 0.3 is 0 Å². The summed E-state index contributed by atoms with van der Waals surface area (Å²) in [5.41, 5.74) is 0. The normalized spacial score (nSPS) is 17.5. The van der Waals surface area contributed by atoms with Crippen molar-refractivity contribution in [1.29, 1.82) is 0 Å². The number of piperidine rings is 1. The minimum atomic E-state index is -3.74. The van der Waals surface area contributed by atoms with Crippen LogP contribution in [0.1, 0.15) is 33.6 Å². The van der Waals surface area contributed by atoms with Crippen molar-refractivity contribution in [3.63, 3.8) is 0 Å². The molecule has 1 atom stereocenters. The molecule has 0 aliphatic carbocycles. The van der Waals surface area contributed by atoms with Crippen LogP contribution in [0.4, 0.5) is 0 Å². The summed E-state index contributed by atoms with van der Waals surface area (Å²) in [6, 6.07) is 5.39. The number of carbonyl (C=O) groups excluding carboxylic acids is 1. The Morgan fingerprint density at radius 1 is 1.29 bits per heavy atom. The third-order valence-electron chi connectivity index (χ3n) is 4.24. The monoisotopic (exact) mass is 354 g/mol. The Labute approximate surface area is 144 Å². The smallest absolute Gasteiger partial charge is 0.241 e. The fourth-order valence-corrected chi connectivity index (χ4v) is 3.93. The predicted octanol–water partition coefficient (Wildman–Crippen LogP) is 2.01. The fourth-order valence-electron chi connectivity index (χ4n) is 2.74. The van der Waals surface area contributed by atoms with Crippen LogP contribution >= 0.6 is 0 Å². The number of benzene rings is 1. The largest absolute Gasteiger partial charge is 0.494 e. The van der Waals surface area contributed by atoms with E-state index < -0.39 is 16.1 Å². The zero-order valence-corrected chi connectivity index (χ0v) is 15.3. The lowest BCUT2D eigenvalue weighted by atomic mass is 9.99. The molecule has 24 heavy (non-hydrogen) atoms. The number of nitrogens with zero attached hydrogens (tertiary/aromatic N) is 1. The third-order valence-corrected chi connectivity index (χ3v) is 5.80. The molecule has 1 aliphatic rings. The first-order chi connectivity index (χ1) is 11.3. The van der Waals surface area contributed by atoms with Crippen molar-refractivity contribution in [2.75, 3.05) is 19.7 Å². The molecule has 0 unspecified atom stereocenters. The number of sulfonamides is 1. The van der Waals surface area contributed by atoms with E-state index in [1.165, 1.54) is 12.1 Å². The molecule has 0 aromatic heterocycles. The summed E-state index contributed by atoms with van der Waals surface area (Å²) in [7, 11) is -3.74. The first-order valence-electron chi connectivity index (χ1n) is 8.37. The average molecular weight is 354 g/mol. The van der Waals surface area contributed by atoms with E-state index in [4.69, 9.17) is 4.74 Å². The molecule has 0 saturated carbocycles. The Balaban J connectivity index is 2.00. The number of hydrogen-bond donors (Lipinski definition) is 1. The Morgan fingerprint density at radius 3 is 2.42 bits per heavy atom. The third kappa shape index (κ3) is 4.70. The first kappa shape index (κ1) is 18.7. The molecule has 0 bridgehead atoms. The van der Waals surface area contributed by atoms with Crippen molar-refractivity contribution in [2.24, 2.45) is 5.92 Å². The zero-order chi connectivity index (χ0) is 17.7. The number of hydrogen-bond acceptors (Lipinski definition) is 4. The summed E-state index contributed by atoms with van der Waals surface area (Å²) in [4.78, 5) is 14.3. The zero-order valence-electron chi connectivity index (χ0n) is 14.5. The highest BCUT2D eigenvalue weighted by Crippen LogP contribution is 2.18. The number of carbonyl (C=O) groups is 1. The molecule has 1 aromatic rings. The summed E-state index contributed by atoms with van der Waals surface area (Å²) < 4.78 is 32.6. The van der Waals surface area contributed by atoms with Gasteiger partial charge in [0, 0.05) is 13.1 Å². The minimum Gasteiger partial charge on any atom is -0.494 e. The average Bonchev–Trinajstić information content (AvgIpc) is 2.55. The molecule has 1 saturated heterocycles. The lowest BCUT2D eigenvalue weighted by molar-refractivity contribution is -0.133. The Hall–Kier alpha value is -1.60. The van der Waals surface area contributed by atoms with E-state index in [0.29, 0.717) is 31.4 Å². The molecule has 1 aromatic carbocycles. The fraction of sp³-hybridized carbons (Fsp3) is 0.588. The highest BCUT2D eigenvalue weighted by Gasteiger charge is 2.27. The summed E-state index contributed by atoms with van der Waals surface area (Å²) in [6.45, 7) is 7.52. The SMILES string of the molecule is CCOc1ccc(S(=O)(=O)N[C@@H](C)C(=O)N2CCC(C)CC2)cc1. The molecule has 1 N–H and O–H groups in total. The quantitative estimate of drug-likeness (QED) is 0.848. The van der Waals surface area contributed by atoms with Crippen molar-refractivity contribution in [3.05, 3.63) is 24.3 Å².